The van der Waals surface area contributed by atoms with Crippen molar-refractivity contribution in [2.75, 3.05) is 13.2 Å². The smallest absolute Gasteiger partial charge is 0.148 e. The molecule has 1 unspecified atom stereocenters. The number of terminal acetylenes is 2. The molecule has 1 aromatic carbocycles. The molecule has 0 fully saturated rings. The van der Waals surface area contributed by atoms with Crippen LogP contribution in [0, 0.1) is 24.7 Å². The molecule has 0 radical (unpaired) electrons. The summed E-state index contributed by atoms with van der Waals surface area (Å²) in [5, 5.41) is 3.20. The van der Waals surface area contributed by atoms with Crippen LogP contribution in [0.15, 0.2) is 24.3 Å². The van der Waals surface area contributed by atoms with Gasteiger partial charge in [0.2, 0.25) is 0 Å². The number of rotatable bonds is 5. The van der Waals surface area contributed by atoms with E-state index in [9.17, 15) is 0 Å². The highest BCUT2D eigenvalue weighted by molar-refractivity contribution is 5.29. The van der Waals surface area contributed by atoms with Gasteiger partial charge in [-0.15, -0.1) is 12.8 Å². The van der Waals surface area contributed by atoms with Gasteiger partial charge in [-0.3, -0.25) is 5.32 Å². The Hall–Kier alpha value is -1.90. The first-order valence-corrected chi connectivity index (χ1v) is 5.11. The number of hydrogen-bond acceptors (Lipinski definition) is 2. The van der Waals surface area contributed by atoms with Crippen molar-refractivity contribution in [2.45, 2.75) is 13.0 Å². The van der Waals surface area contributed by atoms with E-state index in [0.717, 1.165) is 5.75 Å². The van der Waals surface area contributed by atoms with Crippen LogP contribution in [0.2, 0.25) is 0 Å². The first-order valence-electron chi connectivity index (χ1n) is 5.11. The van der Waals surface area contributed by atoms with E-state index in [4.69, 9.17) is 17.6 Å². The van der Waals surface area contributed by atoms with Crippen LogP contribution in [-0.2, 0) is 0 Å². The predicted molar refractivity (Wildman–Crippen MR) is 66.0 cm³/mol. The summed E-state index contributed by atoms with van der Waals surface area (Å²) in [4.78, 5) is 0. The predicted octanol–water partition coefficient (Wildman–Crippen LogP) is 1.98. The molecule has 1 N–H and O–H groups in total. The van der Waals surface area contributed by atoms with Crippen LogP contribution in [0.4, 0.5) is 0 Å². The SMILES string of the molecule is C#CCNC(C)c1ccc(OCC#C)cc1. The monoisotopic (exact) mass is 213 g/mol. The molecule has 2 nitrogen and oxygen atoms in total. The highest BCUT2D eigenvalue weighted by atomic mass is 16.5. The van der Waals surface area contributed by atoms with Crippen molar-refractivity contribution < 1.29 is 4.74 Å². The summed E-state index contributed by atoms with van der Waals surface area (Å²) in [6.07, 6.45) is 10.3. The van der Waals surface area contributed by atoms with Crippen molar-refractivity contribution in [3.63, 3.8) is 0 Å². The molecular formula is C14H15NO. The molecular weight excluding hydrogens is 198 g/mol. The third-order valence-corrected chi connectivity index (χ3v) is 2.21. The van der Waals surface area contributed by atoms with Crippen LogP contribution in [0.3, 0.4) is 0 Å². The fraction of sp³-hybridized carbons (Fsp3) is 0.286. The van der Waals surface area contributed by atoms with E-state index < -0.39 is 0 Å². The molecule has 1 aromatic rings. The van der Waals surface area contributed by atoms with Gasteiger partial charge in [-0.25, -0.2) is 0 Å². The molecule has 0 amide bonds. The van der Waals surface area contributed by atoms with E-state index in [2.05, 4.69) is 24.1 Å². The van der Waals surface area contributed by atoms with Crippen molar-refractivity contribution in [1.29, 1.82) is 0 Å². The maximum absolute atomic E-state index is 5.28. The Morgan fingerprint density at radius 2 is 1.94 bits per heavy atom. The third kappa shape index (κ3) is 3.69. The number of benzene rings is 1. The standard InChI is InChI=1S/C14H15NO/c1-4-10-15-12(3)13-6-8-14(9-7-13)16-11-5-2/h1-2,6-9,12,15H,10-11H2,3H3. The maximum atomic E-state index is 5.28. The summed E-state index contributed by atoms with van der Waals surface area (Å²) >= 11 is 0. The second-order valence-electron chi connectivity index (χ2n) is 3.37. The van der Waals surface area contributed by atoms with Crippen molar-refractivity contribution in [1.82, 2.24) is 5.32 Å². The van der Waals surface area contributed by atoms with Crippen molar-refractivity contribution in [2.24, 2.45) is 0 Å². The minimum atomic E-state index is 0.234. The fourth-order valence-corrected chi connectivity index (χ4v) is 1.31. The number of ether oxygens (including phenoxy) is 1. The van der Waals surface area contributed by atoms with Gasteiger partial charge >= 0.3 is 0 Å². The summed E-state index contributed by atoms with van der Waals surface area (Å²) in [5.41, 5.74) is 1.17. The largest absolute Gasteiger partial charge is 0.481 e. The topological polar surface area (TPSA) is 21.3 Å². The van der Waals surface area contributed by atoms with Gasteiger partial charge in [0.25, 0.3) is 0 Å². The Morgan fingerprint density at radius 1 is 1.25 bits per heavy atom. The van der Waals surface area contributed by atoms with Gasteiger partial charge in [0.05, 0.1) is 6.54 Å². The normalized spacial score (nSPS) is 11.2. The second kappa shape index (κ2) is 6.56. The molecule has 0 aromatic heterocycles. The average molecular weight is 213 g/mol. The van der Waals surface area contributed by atoms with Gasteiger partial charge in [0.1, 0.15) is 12.4 Å². The molecule has 1 rings (SSSR count). The van der Waals surface area contributed by atoms with E-state index in [1.54, 1.807) is 0 Å². The molecule has 1 atom stereocenters. The number of hydrogen-bond donors (Lipinski definition) is 1. The van der Waals surface area contributed by atoms with Crippen molar-refractivity contribution in [3.8, 4) is 30.4 Å². The minimum absolute atomic E-state index is 0.234. The zero-order chi connectivity index (χ0) is 11.8. The molecule has 0 aliphatic carbocycles. The molecule has 0 saturated carbocycles. The average Bonchev–Trinajstić information content (AvgIpc) is 2.34. The van der Waals surface area contributed by atoms with Crippen molar-refractivity contribution in [3.05, 3.63) is 29.8 Å². The lowest BCUT2D eigenvalue weighted by atomic mass is 10.1. The lowest BCUT2D eigenvalue weighted by molar-refractivity contribution is 0.370. The highest BCUT2D eigenvalue weighted by Crippen LogP contribution is 2.17. The Bertz CT molecular complexity index is 394. The van der Waals surface area contributed by atoms with Gasteiger partial charge in [-0.1, -0.05) is 24.0 Å². The Balaban J connectivity index is 2.57. The van der Waals surface area contributed by atoms with Gasteiger partial charge < -0.3 is 4.74 Å². The molecule has 0 bridgehead atoms. The molecule has 0 heterocycles. The quantitative estimate of drug-likeness (QED) is 0.755. The van der Waals surface area contributed by atoms with E-state index in [1.165, 1.54) is 5.56 Å². The Labute approximate surface area is 97.0 Å². The van der Waals surface area contributed by atoms with E-state index in [1.807, 2.05) is 24.3 Å². The van der Waals surface area contributed by atoms with Crippen LogP contribution >= 0.6 is 0 Å². The highest BCUT2D eigenvalue weighted by Gasteiger charge is 2.03. The van der Waals surface area contributed by atoms with E-state index in [0.29, 0.717) is 13.2 Å². The first kappa shape index (κ1) is 12.2. The summed E-state index contributed by atoms with van der Waals surface area (Å²) in [6, 6.07) is 8.04. The van der Waals surface area contributed by atoms with Crippen molar-refractivity contribution >= 4 is 0 Å². The van der Waals surface area contributed by atoms with Crippen LogP contribution in [0.5, 0.6) is 5.75 Å². The second-order valence-corrected chi connectivity index (χ2v) is 3.37. The molecule has 82 valence electrons. The zero-order valence-electron chi connectivity index (χ0n) is 9.36. The van der Waals surface area contributed by atoms with Crippen LogP contribution in [-0.4, -0.2) is 13.2 Å². The lowest BCUT2D eigenvalue weighted by Gasteiger charge is -2.12. The van der Waals surface area contributed by atoms with Crippen LogP contribution in [0.25, 0.3) is 0 Å². The summed E-state index contributed by atoms with van der Waals surface area (Å²) in [5.74, 6) is 5.76. The summed E-state index contributed by atoms with van der Waals surface area (Å²) in [7, 11) is 0. The van der Waals surface area contributed by atoms with E-state index >= 15 is 0 Å². The molecule has 0 saturated heterocycles. The van der Waals surface area contributed by atoms with Crippen LogP contribution in [0.1, 0.15) is 18.5 Å². The van der Waals surface area contributed by atoms with Gasteiger partial charge in [-0.05, 0) is 24.6 Å². The van der Waals surface area contributed by atoms with Gasteiger partial charge in [0, 0.05) is 6.04 Å². The van der Waals surface area contributed by atoms with E-state index in [-0.39, 0.29) is 6.04 Å². The Morgan fingerprint density at radius 3 is 2.50 bits per heavy atom. The molecule has 0 spiro atoms. The maximum Gasteiger partial charge on any atom is 0.148 e. The minimum Gasteiger partial charge on any atom is -0.481 e. The Kier molecular flexibility index (Phi) is 4.99. The summed E-state index contributed by atoms with van der Waals surface area (Å²) in [6.45, 7) is 2.93. The summed E-state index contributed by atoms with van der Waals surface area (Å²) < 4.78 is 5.28. The third-order valence-electron chi connectivity index (χ3n) is 2.21. The lowest BCUT2D eigenvalue weighted by Crippen LogP contribution is -2.18. The van der Waals surface area contributed by atoms with Gasteiger partial charge in [0.15, 0.2) is 0 Å². The zero-order valence-corrected chi connectivity index (χ0v) is 9.36. The molecule has 2 heteroatoms. The first-order chi connectivity index (χ1) is 7.77. The molecule has 0 aliphatic heterocycles. The van der Waals surface area contributed by atoms with Gasteiger partial charge in [-0.2, -0.15) is 0 Å². The number of nitrogens with one attached hydrogen (secondary N) is 1. The molecule has 0 aliphatic rings. The van der Waals surface area contributed by atoms with Crippen LogP contribution < -0.4 is 10.1 Å². The fourth-order valence-electron chi connectivity index (χ4n) is 1.31. The molecule has 16 heavy (non-hydrogen) atoms.